The third-order valence-corrected chi connectivity index (χ3v) is 19.1. The molecule has 11 rings (SSSR count). The van der Waals surface area contributed by atoms with Crippen LogP contribution in [0, 0.1) is 39.4 Å². The zero-order valence-electron chi connectivity index (χ0n) is 56.7. The Bertz CT molecular complexity index is 4680. The van der Waals surface area contributed by atoms with Gasteiger partial charge in [-0.05, 0) is 123 Å². The Hall–Kier alpha value is -9.11. The quantitative estimate of drug-likeness (QED) is 0.0217. The van der Waals surface area contributed by atoms with E-state index in [2.05, 4.69) is 70.5 Å². The highest BCUT2D eigenvalue weighted by Gasteiger charge is 2.23. The van der Waals surface area contributed by atoms with Gasteiger partial charge in [0.25, 0.3) is 10.0 Å². The molecule has 0 bridgehead atoms. The predicted molar refractivity (Wildman–Crippen MR) is 400 cm³/mol. The minimum atomic E-state index is -3.56. The Morgan fingerprint density at radius 3 is 1.26 bits per heavy atom. The fourth-order valence-corrected chi connectivity index (χ4v) is 13.7. The van der Waals surface area contributed by atoms with Gasteiger partial charge >= 0.3 is 0 Å². The van der Waals surface area contributed by atoms with E-state index in [9.17, 15) is 41.0 Å². The Morgan fingerprint density at radius 2 is 0.980 bits per heavy atom. The molecular weight excluding hydrogens is 1360 g/mol. The third-order valence-electron chi connectivity index (χ3n) is 15.3. The number of ether oxygens (including phenoxy) is 5. The van der Waals surface area contributed by atoms with Crippen molar-refractivity contribution in [1.29, 1.82) is 21.2 Å². The molecule has 28 heteroatoms. The normalized spacial score (nSPS) is 13.0. The zero-order valence-corrected chi connectivity index (χ0v) is 59.7. The van der Waals surface area contributed by atoms with E-state index in [0.29, 0.717) is 66.6 Å². The molecule has 5 heterocycles. The van der Waals surface area contributed by atoms with E-state index < -0.39 is 29.1 Å². The van der Waals surface area contributed by atoms with Crippen molar-refractivity contribution < 1.29 is 50.3 Å². The number of rotatable bonds is 19. The summed E-state index contributed by atoms with van der Waals surface area (Å²) in [6.45, 7) is 20.3. The number of hydrogen-bond donors (Lipinski definition) is 5. The fraction of sp³-hybridized carbons (Fsp3) is 0.324. The molecule has 3 aromatic heterocycles. The smallest absolute Gasteiger partial charge is 0.254 e. The number of methoxy groups -OCH3 is 3. The first-order chi connectivity index (χ1) is 47.6. The number of nitriles is 3. The highest BCUT2D eigenvalue weighted by molar-refractivity contribution is 8.13. The maximum Gasteiger partial charge on any atom is 0.254 e. The first-order valence-electron chi connectivity index (χ1n) is 31.5. The molecule has 9 aromatic rings. The monoisotopic (exact) mass is 1450 g/mol. The topological polar surface area (TPSA) is 324 Å². The van der Waals surface area contributed by atoms with Crippen molar-refractivity contribution in [3.05, 3.63) is 156 Å². The molecule has 2 aliphatic rings. The highest BCUT2D eigenvalue weighted by Crippen LogP contribution is 2.39. The van der Waals surface area contributed by atoms with Gasteiger partial charge < -0.3 is 53.8 Å². The van der Waals surface area contributed by atoms with Crippen LogP contribution in [0.1, 0.15) is 51.8 Å². The number of hydrogen-bond acceptors (Lipinski definition) is 18. The summed E-state index contributed by atoms with van der Waals surface area (Å²) in [7, 11) is -0.773. The Kier molecular flexibility index (Phi) is 31.0. The van der Waals surface area contributed by atoms with E-state index in [1.54, 1.807) is 64.7 Å². The number of alkyl halides is 1. The lowest BCUT2D eigenvalue weighted by Gasteiger charge is -2.26. The molecule has 0 radical (unpaired) electrons. The minimum absolute atomic E-state index is 0. The van der Waals surface area contributed by atoms with E-state index in [1.807, 2.05) is 105 Å². The van der Waals surface area contributed by atoms with Gasteiger partial charge in [0, 0.05) is 126 Å². The summed E-state index contributed by atoms with van der Waals surface area (Å²) in [6, 6.07) is 45.8. The molecule has 0 aliphatic carbocycles. The largest absolute Gasteiger partial charge is 0.497 e. The highest BCUT2D eigenvalue weighted by atomic mass is 35.7. The van der Waals surface area contributed by atoms with Gasteiger partial charge in [0.1, 0.15) is 35.5 Å². The molecule has 0 spiro atoms. The van der Waals surface area contributed by atoms with Crippen LogP contribution in [-0.4, -0.2) is 148 Å². The summed E-state index contributed by atoms with van der Waals surface area (Å²) < 4.78 is 112. The summed E-state index contributed by atoms with van der Waals surface area (Å²) in [6.07, 6.45) is 1.42. The van der Waals surface area contributed by atoms with Crippen molar-refractivity contribution in [1.82, 2.24) is 23.9 Å². The van der Waals surface area contributed by atoms with E-state index in [0.717, 1.165) is 135 Å². The van der Waals surface area contributed by atoms with Gasteiger partial charge in [-0.1, -0.05) is 50.4 Å². The maximum atomic E-state index is 12.5. The minimum Gasteiger partial charge on any atom is -0.497 e. The molecule has 0 unspecified atom stereocenters. The summed E-state index contributed by atoms with van der Waals surface area (Å²) >= 11 is 5.02. The fourth-order valence-electron chi connectivity index (χ4n) is 10.7. The molecule has 2 aliphatic heterocycles. The van der Waals surface area contributed by atoms with E-state index in [1.165, 1.54) is 6.21 Å². The maximum absolute atomic E-state index is 12.5. The third kappa shape index (κ3) is 21.9. The summed E-state index contributed by atoms with van der Waals surface area (Å²) in [5.41, 5.74) is 17.3. The number of nitrogens with zero attached hydrogens (tertiary/aromatic N) is 7. The van der Waals surface area contributed by atoms with Crippen LogP contribution in [-0.2, 0) is 58.2 Å². The number of fused-ring (bicyclic) bond motifs is 3. The number of sulfonamides is 2. The van der Waals surface area contributed by atoms with Gasteiger partial charge in [0.15, 0.2) is 1.41 Å². The van der Waals surface area contributed by atoms with Crippen LogP contribution >= 0.6 is 22.3 Å². The van der Waals surface area contributed by atoms with Gasteiger partial charge in [0.2, 0.25) is 19.1 Å². The first kappa shape index (κ1) is 78.9. The van der Waals surface area contributed by atoms with E-state index in [4.69, 9.17) is 53.1 Å². The lowest BCUT2D eigenvalue weighted by Crippen LogP contribution is -2.39. The average Bonchev–Trinajstić information content (AvgIpc) is 1.63. The number of aromatic nitrogens is 3. The standard InChI is InChI=1S/C24H28N4O4S.C20H19N3O3S.C18H17N3O.C4H9NO.C2H4Cl2O2S.C2H5N.CH4/c1-3-28-23-16-20(31-2)8-9-21(23)22(17-25)24(28)18-4-6-19(7-5-18)26-33(29,30)15-12-27-10-13-32-14-11-27;1-4-23-19-12-16(26-3)10-11-17(19)18(13-21)20(23)14-6-8-15(9-7-14)22-27(24,25)5-2;1-3-21-17-10-14(22-2)8-9-15(17)16(11-19)18(21)12-4-6-13(20)7-5-12;1-3-6-4-2-5-1;3-1-2-7(4,5)6;1-2-3;/h4-9,16,26H,3,10-15H2,1-2H3;5-12,22H,2,4H2,1,3H3;4-10H,3,20H2,1-2H3;5H,1-4H2;1-2H2;2-3H,1H3;1H4/i/hD. The molecule has 6 aromatic carbocycles. The van der Waals surface area contributed by atoms with Gasteiger partial charge in [-0.25, -0.2) is 25.3 Å². The van der Waals surface area contributed by atoms with Crippen molar-refractivity contribution in [2.45, 2.75) is 54.8 Å². The SMILES string of the molecule is C.C1COCCN1.C=CS(=O)(=O)Nc1ccc(-c2c(C#N)c3ccc(OC)cc3n2CC)cc1.CCn1c(-c2ccc(N)cc2)c(C#N)c2ccc(OC)cc21.CCn1c(-c2ccc(NS(=O)(=O)CCN3CCOCC3)cc2)c(C#N)c2ccc(OC)cc21.O=S(=O)(Cl)CCCl.[2H]N=CC. The van der Waals surface area contributed by atoms with Crippen LogP contribution in [0.25, 0.3) is 66.5 Å². The molecule has 2 saturated heterocycles. The second kappa shape index (κ2) is 38.9. The van der Waals surface area contributed by atoms with Gasteiger partial charge in [0.05, 0.1) is 110 Å². The van der Waals surface area contributed by atoms with Crippen molar-refractivity contribution in [2.75, 3.05) is 113 Å². The van der Waals surface area contributed by atoms with Crippen LogP contribution in [0.2, 0.25) is 1.41 Å². The van der Waals surface area contributed by atoms with E-state index in [-0.39, 0.29) is 24.8 Å². The Labute approximate surface area is 592 Å². The van der Waals surface area contributed by atoms with Crippen molar-refractivity contribution in [3.63, 3.8) is 0 Å². The Balaban J connectivity index is 0.000000243. The summed E-state index contributed by atoms with van der Waals surface area (Å²) in [5.74, 6) is 2.17. The molecule has 23 nitrogen and oxygen atoms in total. The second-order valence-corrected chi connectivity index (χ2v) is 28.1. The number of nitrogens with two attached hydrogens (primary N) is 1. The zero-order chi connectivity index (χ0) is 72.3. The number of anilines is 3. The lowest BCUT2D eigenvalue weighted by molar-refractivity contribution is 0.0408. The van der Waals surface area contributed by atoms with Crippen LogP contribution < -0.4 is 34.7 Å². The average molecular weight is 1450 g/mol. The number of halogens is 2. The molecule has 0 amide bonds. The first-order valence-corrected chi connectivity index (χ1v) is 37.3. The molecule has 2 fully saturated rings. The lowest BCUT2D eigenvalue weighted by atomic mass is 10.1. The van der Waals surface area contributed by atoms with Crippen LogP contribution in [0.3, 0.4) is 0 Å². The number of nitrogen functional groups attached to an aromatic ring is 1. The van der Waals surface area contributed by atoms with Crippen molar-refractivity contribution in [2.24, 2.45) is 0 Å². The number of morpholine rings is 2. The molecule has 0 saturated carbocycles. The van der Waals surface area contributed by atoms with Crippen molar-refractivity contribution >= 4 is 107 Å². The molecule has 528 valence electrons. The predicted octanol–water partition coefficient (Wildman–Crippen LogP) is 12.9. The molecule has 0 atom stereocenters. The van der Waals surface area contributed by atoms with Crippen LogP contribution in [0.5, 0.6) is 17.2 Å². The van der Waals surface area contributed by atoms with Gasteiger partial charge in [-0.3, -0.25) is 14.3 Å². The number of benzene rings is 6. The van der Waals surface area contributed by atoms with Gasteiger partial charge in [-0.15, -0.1) is 11.6 Å². The number of aryl methyl sites for hydroxylation is 3. The summed E-state index contributed by atoms with van der Waals surface area (Å²) in [5, 5.41) is 38.8. The number of nitrogens with one attached hydrogen (secondary N) is 4. The van der Waals surface area contributed by atoms with E-state index >= 15 is 0 Å². The Morgan fingerprint density at radius 1 is 0.616 bits per heavy atom. The van der Waals surface area contributed by atoms with Crippen LogP contribution in [0.4, 0.5) is 17.1 Å². The second-order valence-electron chi connectivity index (χ2n) is 21.4. The van der Waals surface area contributed by atoms with Gasteiger partial charge in [-0.2, -0.15) is 15.8 Å². The summed E-state index contributed by atoms with van der Waals surface area (Å²) in [4.78, 5) is 2.09. The molecule has 99 heavy (non-hydrogen) atoms. The molecular formula is C71H86Cl2N12O11S3. The molecule has 6 N–H and O–H groups in total. The van der Waals surface area contributed by atoms with Crippen molar-refractivity contribution in [3.8, 4) is 69.2 Å². The van der Waals surface area contributed by atoms with Crippen LogP contribution in [0.15, 0.2) is 139 Å².